The van der Waals surface area contributed by atoms with Crippen LogP contribution in [-0.4, -0.2) is 21.1 Å². The Morgan fingerprint density at radius 3 is 1.30 bits per heavy atom. The minimum absolute atomic E-state index is 0.636. The van der Waals surface area contributed by atoms with Crippen molar-refractivity contribution in [2.45, 2.75) is 11.5 Å². The van der Waals surface area contributed by atoms with Gasteiger partial charge in [0.15, 0.2) is 8.64 Å². The standard InChI is InChI=1S/2C15H13ClN2S2/c2*16-14-9-5-4-8-13(14)10-17-18-15(19)20-11-12-6-2-1-3-7-12/h2*1-10H,11H2,(H,18,19)/b2*17-10+. The van der Waals surface area contributed by atoms with E-state index >= 15 is 0 Å². The summed E-state index contributed by atoms with van der Waals surface area (Å²) in [7, 11) is 0. The summed E-state index contributed by atoms with van der Waals surface area (Å²) in [4.78, 5) is 0. The molecule has 0 aliphatic carbocycles. The molecule has 0 saturated carbocycles. The number of nitrogens with one attached hydrogen (secondary N) is 2. The van der Waals surface area contributed by atoms with Crippen molar-refractivity contribution in [3.63, 3.8) is 0 Å². The van der Waals surface area contributed by atoms with Crippen LogP contribution in [0, 0.1) is 0 Å². The molecule has 0 fully saturated rings. The lowest BCUT2D eigenvalue weighted by Gasteiger charge is -2.03. The van der Waals surface area contributed by atoms with E-state index in [9.17, 15) is 0 Å². The second kappa shape index (κ2) is 18.6. The van der Waals surface area contributed by atoms with Gasteiger partial charge in [-0.05, 0) is 23.3 Å². The SMILES string of the molecule is S=C(N/N=C/c1ccccc1Cl)SCc1ccccc1.S=C(N/N=C/c1ccccc1Cl)SCc1ccccc1. The van der Waals surface area contributed by atoms with Gasteiger partial charge in [-0.1, -0.05) is 168 Å². The Labute approximate surface area is 264 Å². The fourth-order valence-electron chi connectivity index (χ4n) is 2.98. The lowest BCUT2D eigenvalue weighted by molar-refractivity contribution is 1.07. The largest absolute Gasteiger partial charge is 0.262 e. The first kappa shape index (κ1) is 31.8. The van der Waals surface area contributed by atoms with E-state index in [1.807, 2.05) is 84.9 Å². The highest BCUT2D eigenvalue weighted by Gasteiger charge is 1.99. The molecule has 0 amide bonds. The maximum Gasteiger partial charge on any atom is 0.154 e. The van der Waals surface area contributed by atoms with E-state index in [4.69, 9.17) is 47.6 Å². The number of thioether (sulfide) groups is 2. The van der Waals surface area contributed by atoms with Crippen LogP contribution in [0.15, 0.2) is 119 Å². The van der Waals surface area contributed by atoms with Gasteiger partial charge in [0.2, 0.25) is 0 Å². The van der Waals surface area contributed by atoms with Gasteiger partial charge >= 0.3 is 0 Å². The first-order valence-electron chi connectivity index (χ1n) is 12.0. The number of thiocarbonyl (C=S) groups is 2. The molecule has 4 nitrogen and oxygen atoms in total. The van der Waals surface area contributed by atoms with Crippen LogP contribution in [0.4, 0.5) is 0 Å². The Morgan fingerprint density at radius 1 is 0.575 bits per heavy atom. The maximum atomic E-state index is 6.02. The van der Waals surface area contributed by atoms with Gasteiger partial charge in [0, 0.05) is 32.7 Å². The molecule has 0 saturated heterocycles. The topological polar surface area (TPSA) is 48.8 Å². The van der Waals surface area contributed by atoms with E-state index < -0.39 is 0 Å². The predicted molar refractivity (Wildman–Crippen MR) is 185 cm³/mol. The minimum Gasteiger partial charge on any atom is -0.262 e. The van der Waals surface area contributed by atoms with Crippen molar-refractivity contribution in [2.75, 3.05) is 0 Å². The van der Waals surface area contributed by atoms with Gasteiger partial charge in [-0.15, -0.1) is 0 Å². The summed E-state index contributed by atoms with van der Waals surface area (Å²) in [6.07, 6.45) is 3.33. The first-order chi connectivity index (χ1) is 19.5. The van der Waals surface area contributed by atoms with Crippen molar-refractivity contribution in [2.24, 2.45) is 10.2 Å². The Hall–Kier alpha value is -2.72. The first-order valence-corrected chi connectivity index (χ1v) is 15.5. The Balaban J connectivity index is 0.000000220. The quantitative estimate of drug-likeness (QED) is 0.114. The van der Waals surface area contributed by atoms with E-state index in [0.29, 0.717) is 18.7 Å². The van der Waals surface area contributed by atoms with Gasteiger partial charge < -0.3 is 0 Å². The van der Waals surface area contributed by atoms with E-state index in [2.05, 4.69) is 45.3 Å². The van der Waals surface area contributed by atoms with Gasteiger partial charge in [0.1, 0.15) is 0 Å². The molecule has 4 aromatic rings. The zero-order chi connectivity index (χ0) is 28.4. The van der Waals surface area contributed by atoms with E-state index in [0.717, 1.165) is 22.6 Å². The summed E-state index contributed by atoms with van der Waals surface area (Å²) in [5.41, 5.74) is 9.85. The number of rotatable bonds is 8. The monoisotopic (exact) mass is 640 g/mol. The predicted octanol–water partition coefficient (Wildman–Crippen LogP) is 8.96. The van der Waals surface area contributed by atoms with Gasteiger partial charge in [-0.3, -0.25) is 10.9 Å². The van der Waals surface area contributed by atoms with Crippen LogP contribution in [0.2, 0.25) is 10.0 Å². The zero-order valence-corrected chi connectivity index (χ0v) is 26.0. The van der Waals surface area contributed by atoms with E-state index in [1.54, 1.807) is 36.0 Å². The average molecular weight is 642 g/mol. The van der Waals surface area contributed by atoms with Crippen LogP contribution in [0.5, 0.6) is 0 Å². The third-order valence-electron chi connectivity index (χ3n) is 4.95. The van der Waals surface area contributed by atoms with Gasteiger partial charge in [-0.2, -0.15) is 10.2 Å². The van der Waals surface area contributed by atoms with Crippen molar-refractivity contribution >= 4 is 92.2 Å². The molecule has 204 valence electrons. The van der Waals surface area contributed by atoms with Crippen molar-refractivity contribution in [1.29, 1.82) is 0 Å². The smallest absolute Gasteiger partial charge is 0.154 e. The fraction of sp³-hybridized carbons (Fsp3) is 0.0667. The number of hydrazone groups is 2. The number of halogens is 2. The molecular weight excluding hydrogens is 616 g/mol. The van der Waals surface area contributed by atoms with Gasteiger partial charge in [-0.25, -0.2) is 0 Å². The van der Waals surface area contributed by atoms with Crippen molar-refractivity contribution in [1.82, 2.24) is 10.9 Å². The van der Waals surface area contributed by atoms with Crippen LogP contribution in [0.1, 0.15) is 22.3 Å². The molecule has 0 heterocycles. The highest BCUT2D eigenvalue weighted by Crippen LogP contribution is 2.15. The molecule has 0 aliphatic rings. The molecule has 0 aromatic heterocycles. The van der Waals surface area contributed by atoms with Crippen molar-refractivity contribution < 1.29 is 0 Å². The summed E-state index contributed by atoms with van der Waals surface area (Å²) in [6.45, 7) is 0. The normalized spacial score (nSPS) is 10.7. The second-order valence-corrected chi connectivity index (χ2v) is 12.0. The third kappa shape index (κ3) is 12.6. The van der Waals surface area contributed by atoms with Crippen molar-refractivity contribution in [3.05, 3.63) is 141 Å². The summed E-state index contributed by atoms with van der Waals surface area (Å²) in [6, 6.07) is 35.4. The van der Waals surface area contributed by atoms with Crippen LogP contribution in [0.25, 0.3) is 0 Å². The highest BCUT2D eigenvalue weighted by molar-refractivity contribution is 8.22. The Morgan fingerprint density at radius 2 is 0.925 bits per heavy atom. The number of benzene rings is 4. The average Bonchev–Trinajstić information content (AvgIpc) is 2.98. The molecule has 4 rings (SSSR count). The second-order valence-electron chi connectivity index (χ2n) is 7.91. The van der Waals surface area contributed by atoms with Crippen LogP contribution >= 0.6 is 71.2 Å². The Bertz CT molecular complexity index is 1310. The zero-order valence-electron chi connectivity index (χ0n) is 21.2. The highest BCUT2D eigenvalue weighted by atomic mass is 35.5. The number of hydrogen-bond donors (Lipinski definition) is 2. The molecule has 0 atom stereocenters. The molecule has 0 spiro atoms. The lowest BCUT2D eigenvalue weighted by atomic mass is 10.2. The molecule has 10 heteroatoms. The fourth-order valence-corrected chi connectivity index (χ4v) is 5.02. The number of hydrogen-bond acceptors (Lipinski definition) is 6. The number of nitrogens with zero attached hydrogens (tertiary/aromatic N) is 2. The molecule has 0 radical (unpaired) electrons. The summed E-state index contributed by atoms with van der Waals surface area (Å²) < 4.78 is 1.27. The Kier molecular flexibility index (Phi) is 14.8. The lowest BCUT2D eigenvalue weighted by Crippen LogP contribution is -2.11. The summed E-state index contributed by atoms with van der Waals surface area (Å²) in [5.74, 6) is 1.66. The molecule has 4 aromatic carbocycles. The summed E-state index contributed by atoms with van der Waals surface area (Å²) >= 11 is 25.5. The van der Waals surface area contributed by atoms with Crippen LogP contribution < -0.4 is 10.9 Å². The molecule has 0 bridgehead atoms. The third-order valence-corrected chi connectivity index (χ3v) is 8.20. The minimum atomic E-state index is 0.636. The van der Waals surface area contributed by atoms with Crippen LogP contribution in [-0.2, 0) is 11.5 Å². The molecule has 0 unspecified atom stereocenters. The maximum absolute atomic E-state index is 6.02. The molecule has 2 N–H and O–H groups in total. The van der Waals surface area contributed by atoms with Crippen molar-refractivity contribution in [3.8, 4) is 0 Å². The molecule has 40 heavy (non-hydrogen) atoms. The van der Waals surface area contributed by atoms with E-state index in [1.165, 1.54) is 11.1 Å². The van der Waals surface area contributed by atoms with Gasteiger partial charge in [0.05, 0.1) is 12.4 Å². The molecular formula is C30H26Cl2N4S4. The molecule has 0 aliphatic heterocycles. The van der Waals surface area contributed by atoms with Gasteiger partial charge in [0.25, 0.3) is 0 Å². The van der Waals surface area contributed by atoms with Crippen LogP contribution in [0.3, 0.4) is 0 Å². The summed E-state index contributed by atoms with van der Waals surface area (Å²) in [5, 5.41) is 9.52. The van der Waals surface area contributed by atoms with E-state index in [-0.39, 0.29) is 0 Å².